The molecular formula is C13H21NO. The fourth-order valence-electron chi connectivity index (χ4n) is 1.53. The Morgan fingerprint density at radius 3 is 2.73 bits per heavy atom. The van der Waals surface area contributed by atoms with Crippen LogP contribution in [0.5, 0.6) is 0 Å². The van der Waals surface area contributed by atoms with E-state index >= 15 is 0 Å². The molecule has 0 aromatic rings. The number of nitrogens with zero attached hydrogens (tertiary/aromatic N) is 1. The molecule has 0 unspecified atom stereocenters. The molecule has 0 atom stereocenters. The Labute approximate surface area is 92.9 Å². The Hall–Kier alpha value is -0.860. The van der Waals surface area contributed by atoms with Gasteiger partial charge in [0, 0.05) is 19.6 Å². The highest BCUT2D eigenvalue weighted by atomic mass is 16.5. The lowest BCUT2D eigenvalue weighted by Crippen LogP contribution is -2.36. The normalized spacial score (nSPS) is 20.5. The quantitative estimate of drug-likeness (QED) is 0.656. The van der Waals surface area contributed by atoms with E-state index in [-0.39, 0.29) is 0 Å². The predicted octanol–water partition coefficient (Wildman–Crippen LogP) is 2.40. The Bertz CT molecular complexity index is 247. The summed E-state index contributed by atoms with van der Waals surface area (Å²) in [5.74, 6) is 0. The molecule has 1 saturated heterocycles. The third-order valence-electron chi connectivity index (χ3n) is 2.39. The summed E-state index contributed by atoms with van der Waals surface area (Å²) in [5, 5.41) is 0. The van der Waals surface area contributed by atoms with Gasteiger partial charge in [-0.2, -0.15) is 0 Å². The third kappa shape index (κ3) is 5.55. The van der Waals surface area contributed by atoms with Crippen molar-refractivity contribution in [2.24, 2.45) is 0 Å². The summed E-state index contributed by atoms with van der Waals surface area (Å²) in [6, 6.07) is 0. The molecule has 0 amide bonds. The minimum atomic E-state index is 0.876. The van der Waals surface area contributed by atoms with Crippen molar-refractivity contribution in [3.05, 3.63) is 36.0 Å². The van der Waals surface area contributed by atoms with Gasteiger partial charge in [0.15, 0.2) is 0 Å². The van der Waals surface area contributed by atoms with Crippen molar-refractivity contribution in [2.75, 3.05) is 32.8 Å². The summed E-state index contributed by atoms with van der Waals surface area (Å²) >= 11 is 0. The van der Waals surface area contributed by atoms with Crippen molar-refractivity contribution in [1.82, 2.24) is 4.90 Å². The number of hydrogen-bond donors (Lipinski definition) is 0. The third-order valence-corrected chi connectivity index (χ3v) is 2.39. The van der Waals surface area contributed by atoms with Crippen LogP contribution in [0.25, 0.3) is 0 Å². The second-order valence-electron chi connectivity index (χ2n) is 3.75. The van der Waals surface area contributed by atoms with E-state index in [4.69, 9.17) is 4.74 Å². The molecule has 1 rings (SSSR count). The molecule has 2 nitrogen and oxygen atoms in total. The van der Waals surface area contributed by atoms with Crippen LogP contribution in [0.15, 0.2) is 36.0 Å². The van der Waals surface area contributed by atoms with E-state index in [1.807, 2.05) is 6.92 Å². The average molecular weight is 207 g/mol. The lowest BCUT2D eigenvalue weighted by atomic mass is 10.2. The molecule has 0 N–H and O–H groups in total. The lowest BCUT2D eigenvalue weighted by molar-refractivity contribution is 0.0434. The number of ether oxygens (including phenoxy) is 1. The summed E-state index contributed by atoms with van der Waals surface area (Å²) in [6.45, 7) is 9.04. The van der Waals surface area contributed by atoms with Crippen molar-refractivity contribution in [1.29, 1.82) is 0 Å². The number of morpholine rings is 1. The molecule has 1 aliphatic heterocycles. The Morgan fingerprint density at radius 2 is 2.07 bits per heavy atom. The summed E-state index contributed by atoms with van der Waals surface area (Å²) in [5.41, 5.74) is 1.29. The molecule has 1 aliphatic rings. The van der Waals surface area contributed by atoms with Gasteiger partial charge in [-0.15, -0.1) is 0 Å². The van der Waals surface area contributed by atoms with Gasteiger partial charge in [0.05, 0.1) is 13.2 Å². The molecule has 84 valence electrons. The van der Waals surface area contributed by atoms with Crippen molar-refractivity contribution < 1.29 is 4.74 Å². The van der Waals surface area contributed by atoms with Crippen LogP contribution in [0.2, 0.25) is 0 Å². The molecule has 1 fully saturated rings. The summed E-state index contributed by atoms with van der Waals surface area (Å²) in [4.78, 5) is 2.40. The first kappa shape index (κ1) is 12.2. The van der Waals surface area contributed by atoms with E-state index in [2.05, 4.69) is 42.2 Å². The Morgan fingerprint density at radius 1 is 1.33 bits per heavy atom. The second-order valence-corrected chi connectivity index (χ2v) is 3.75. The van der Waals surface area contributed by atoms with Crippen molar-refractivity contribution >= 4 is 0 Å². The fourth-order valence-corrected chi connectivity index (χ4v) is 1.53. The Balaban J connectivity index is 2.23. The van der Waals surface area contributed by atoms with Crippen LogP contribution in [0.1, 0.15) is 13.8 Å². The van der Waals surface area contributed by atoms with E-state index in [1.54, 1.807) is 0 Å². The molecule has 0 aromatic carbocycles. The zero-order valence-corrected chi connectivity index (χ0v) is 9.78. The monoisotopic (exact) mass is 207 g/mol. The molecule has 15 heavy (non-hydrogen) atoms. The molecule has 0 spiro atoms. The van der Waals surface area contributed by atoms with Gasteiger partial charge >= 0.3 is 0 Å². The summed E-state index contributed by atoms with van der Waals surface area (Å²) in [7, 11) is 0. The molecule has 0 radical (unpaired) electrons. The van der Waals surface area contributed by atoms with E-state index in [0.717, 1.165) is 32.8 Å². The van der Waals surface area contributed by atoms with Crippen molar-refractivity contribution in [3.63, 3.8) is 0 Å². The van der Waals surface area contributed by atoms with Gasteiger partial charge in [-0.1, -0.05) is 36.0 Å². The molecular weight excluding hydrogens is 186 g/mol. The van der Waals surface area contributed by atoms with E-state index < -0.39 is 0 Å². The van der Waals surface area contributed by atoms with Gasteiger partial charge in [-0.25, -0.2) is 0 Å². The van der Waals surface area contributed by atoms with Crippen LogP contribution in [0, 0.1) is 0 Å². The fraction of sp³-hybridized carbons (Fsp3) is 0.538. The SMILES string of the molecule is C\C=C/C(C)=C\C=C\CN1CCOCC1. The minimum Gasteiger partial charge on any atom is -0.379 e. The van der Waals surface area contributed by atoms with Gasteiger partial charge < -0.3 is 4.74 Å². The van der Waals surface area contributed by atoms with Gasteiger partial charge in [-0.3, -0.25) is 4.90 Å². The highest BCUT2D eigenvalue weighted by Crippen LogP contribution is 1.98. The first-order chi connectivity index (χ1) is 7.33. The zero-order valence-electron chi connectivity index (χ0n) is 9.78. The van der Waals surface area contributed by atoms with E-state index in [1.165, 1.54) is 5.57 Å². The molecule has 0 bridgehead atoms. The first-order valence-corrected chi connectivity index (χ1v) is 5.59. The predicted molar refractivity (Wildman–Crippen MR) is 65.0 cm³/mol. The van der Waals surface area contributed by atoms with Crippen LogP contribution < -0.4 is 0 Å². The van der Waals surface area contributed by atoms with Gasteiger partial charge in [0.25, 0.3) is 0 Å². The minimum absolute atomic E-state index is 0.876. The van der Waals surface area contributed by atoms with Gasteiger partial charge in [0.2, 0.25) is 0 Å². The largest absolute Gasteiger partial charge is 0.379 e. The molecule has 0 saturated carbocycles. The lowest BCUT2D eigenvalue weighted by Gasteiger charge is -2.24. The number of allylic oxidation sites excluding steroid dienone is 5. The first-order valence-electron chi connectivity index (χ1n) is 5.59. The van der Waals surface area contributed by atoms with Gasteiger partial charge in [0.1, 0.15) is 0 Å². The molecule has 0 aromatic heterocycles. The Kier molecular flexibility index (Phi) is 6.05. The average Bonchev–Trinajstić information content (AvgIpc) is 2.26. The second kappa shape index (κ2) is 7.43. The maximum Gasteiger partial charge on any atom is 0.0594 e. The highest BCUT2D eigenvalue weighted by molar-refractivity contribution is 5.21. The molecule has 0 aliphatic carbocycles. The van der Waals surface area contributed by atoms with Crippen LogP contribution in [-0.4, -0.2) is 37.7 Å². The standard InChI is InChI=1S/C13H21NO/c1-3-6-13(2)7-4-5-8-14-9-11-15-12-10-14/h3-7H,8-12H2,1-2H3/b5-4+,6-3-,13-7-. The number of rotatable bonds is 4. The van der Waals surface area contributed by atoms with Crippen LogP contribution >= 0.6 is 0 Å². The highest BCUT2D eigenvalue weighted by Gasteiger charge is 2.06. The van der Waals surface area contributed by atoms with Crippen LogP contribution in [0.4, 0.5) is 0 Å². The van der Waals surface area contributed by atoms with E-state index in [9.17, 15) is 0 Å². The van der Waals surface area contributed by atoms with Crippen LogP contribution in [0.3, 0.4) is 0 Å². The molecule has 2 heteroatoms. The molecule has 1 heterocycles. The summed E-state index contributed by atoms with van der Waals surface area (Å²) < 4.78 is 5.29. The van der Waals surface area contributed by atoms with Gasteiger partial charge in [-0.05, 0) is 13.8 Å². The summed E-state index contributed by atoms with van der Waals surface area (Å²) in [6.07, 6.45) is 10.6. The maximum atomic E-state index is 5.29. The van der Waals surface area contributed by atoms with Crippen molar-refractivity contribution in [2.45, 2.75) is 13.8 Å². The van der Waals surface area contributed by atoms with E-state index in [0.29, 0.717) is 0 Å². The number of hydrogen-bond acceptors (Lipinski definition) is 2. The van der Waals surface area contributed by atoms with Crippen molar-refractivity contribution in [3.8, 4) is 0 Å². The topological polar surface area (TPSA) is 12.5 Å². The zero-order chi connectivity index (χ0) is 10.9. The smallest absolute Gasteiger partial charge is 0.0594 e. The van der Waals surface area contributed by atoms with Crippen LogP contribution in [-0.2, 0) is 4.74 Å². The maximum absolute atomic E-state index is 5.29.